The molecule has 2 aromatic carbocycles. The highest BCUT2D eigenvalue weighted by Gasteiger charge is 2.19. The van der Waals surface area contributed by atoms with Gasteiger partial charge in [0.15, 0.2) is 11.5 Å². The molecule has 0 aliphatic carbocycles. The molecule has 2 aromatic rings. The Bertz CT molecular complexity index is 896. The number of ketones is 1. The van der Waals surface area contributed by atoms with E-state index in [-0.39, 0.29) is 31.9 Å². The Kier molecular flexibility index (Phi) is 5.89. The van der Waals surface area contributed by atoms with Crippen LogP contribution in [0.15, 0.2) is 30.3 Å². The number of phenols is 1. The van der Waals surface area contributed by atoms with Crippen molar-refractivity contribution in [2.24, 2.45) is 0 Å². The molecular formula is C16H10Cl3NO5. The van der Waals surface area contributed by atoms with Crippen molar-refractivity contribution < 1.29 is 19.6 Å². The lowest BCUT2D eigenvalue weighted by Crippen LogP contribution is -1.97. The Morgan fingerprint density at radius 3 is 2.52 bits per heavy atom. The summed E-state index contributed by atoms with van der Waals surface area (Å²) in [4.78, 5) is 22.5. The number of nitro benzene ring substituents is 1. The topological polar surface area (TPSA) is 89.7 Å². The Morgan fingerprint density at radius 1 is 1.24 bits per heavy atom. The summed E-state index contributed by atoms with van der Waals surface area (Å²) in [6.07, 6.45) is 2.50. The molecule has 25 heavy (non-hydrogen) atoms. The first kappa shape index (κ1) is 19.1. The third kappa shape index (κ3) is 4.04. The summed E-state index contributed by atoms with van der Waals surface area (Å²) in [6.45, 7) is 0. The third-order valence-corrected chi connectivity index (χ3v) is 4.52. The molecule has 0 atom stereocenters. The highest BCUT2D eigenvalue weighted by atomic mass is 35.5. The van der Waals surface area contributed by atoms with Crippen LogP contribution in [-0.4, -0.2) is 22.9 Å². The number of hydrogen-bond acceptors (Lipinski definition) is 5. The largest absolute Gasteiger partial charge is 0.500 e. The molecule has 0 aliphatic rings. The molecule has 0 fully saturated rings. The van der Waals surface area contributed by atoms with Crippen LogP contribution in [0.1, 0.15) is 15.9 Å². The van der Waals surface area contributed by atoms with Gasteiger partial charge in [-0.1, -0.05) is 40.9 Å². The Labute approximate surface area is 157 Å². The van der Waals surface area contributed by atoms with E-state index in [4.69, 9.17) is 39.5 Å². The van der Waals surface area contributed by atoms with Crippen LogP contribution >= 0.6 is 34.8 Å². The fraction of sp³-hybridized carbons (Fsp3) is 0.0625. The lowest BCUT2D eigenvalue weighted by molar-refractivity contribution is -0.386. The maximum absolute atomic E-state index is 12.3. The van der Waals surface area contributed by atoms with E-state index in [2.05, 4.69) is 0 Å². The van der Waals surface area contributed by atoms with Gasteiger partial charge in [0.05, 0.1) is 27.1 Å². The summed E-state index contributed by atoms with van der Waals surface area (Å²) >= 11 is 17.7. The number of rotatable bonds is 5. The number of nitrogens with zero attached hydrogens (tertiary/aromatic N) is 1. The summed E-state index contributed by atoms with van der Waals surface area (Å²) in [6, 6.07) is 5.31. The number of allylic oxidation sites excluding steroid dienone is 1. The van der Waals surface area contributed by atoms with Crippen molar-refractivity contribution in [3.05, 3.63) is 66.7 Å². The van der Waals surface area contributed by atoms with Gasteiger partial charge in [-0.05, 0) is 29.8 Å². The normalized spacial score (nSPS) is 10.9. The molecular weight excluding hydrogens is 393 g/mol. The summed E-state index contributed by atoms with van der Waals surface area (Å²) < 4.78 is 4.89. The maximum Gasteiger partial charge on any atom is 0.315 e. The monoisotopic (exact) mass is 401 g/mol. The van der Waals surface area contributed by atoms with E-state index in [0.29, 0.717) is 0 Å². The van der Waals surface area contributed by atoms with Gasteiger partial charge in [-0.3, -0.25) is 14.9 Å². The molecule has 1 N–H and O–H groups in total. The van der Waals surface area contributed by atoms with Gasteiger partial charge in [-0.15, -0.1) is 0 Å². The first-order valence-electron chi connectivity index (χ1n) is 6.67. The zero-order valence-electron chi connectivity index (χ0n) is 12.6. The van der Waals surface area contributed by atoms with E-state index in [1.165, 1.54) is 37.5 Å². The van der Waals surface area contributed by atoms with Crippen molar-refractivity contribution in [2.75, 3.05) is 7.11 Å². The average molecular weight is 403 g/mol. The van der Waals surface area contributed by atoms with Crippen LogP contribution in [0.4, 0.5) is 5.69 Å². The predicted molar refractivity (Wildman–Crippen MR) is 96.1 cm³/mol. The van der Waals surface area contributed by atoms with Crippen molar-refractivity contribution >= 4 is 52.3 Å². The van der Waals surface area contributed by atoms with Crippen molar-refractivity contribution in [1.82, 2.24) is 0 Å². The molecule has 0 radical (unpaired) electrons. The molecule has 130 valence electrons. The molecule has 2 rings (SSSR count). The Balaban J connectivity index is 2.39. The number of ether oxygens (including phenoxy) is 1. The molecule has 0 amide bonds. The Morgan fingerprint density at radius 2 is 1.92 bits per heavy atom. The predicted octanol–water partition coefficient (Wildman–Crippen LogP) is 5.17. The van der Waals surface area contributed by atoms with Gasteiger partial charge < -0.3 is 9.84 Å². The number of hydrogen-bond donors (Lipinski definition) is 1. The number of aromatic hydroxyl groups is 1. The van der Waals surface area contributed by atoms with Crippen molar-refractivity contribution in [1.29, 1.82) is 0 Å². The lowest BCUT2D eigenvalue weighted by Gasteiger charge is -2.06. The van der Waals surface area contributed by atoms with Crippen LogP contribution in [0, 0.1) is 10.1 Å². The molecule has 0 spiro atoms. The van der Waals surface area contributed by atoms with Crippen LogP contribution in [-0.2, 0) is 0 Å². The smallest absolute Gasteiger partial charge is 0.315 e. The maximum atomic E-state index is 12.3. The molecule has 0 unspecified atom stereocenters. The minimum atomic E-state index is -0.757. The molecule has 0 saturated heterocycles. The second-order valence-electron chi connectivity index (χ2n) is 4.77. The van der Waals surface area contributed by atoms with Crippen LogP contribution in [0.2, 0.25) is 15.1 Å². The fourth-order valence-corrected chi connectivity index (χ4v) is 2.61. The van der Waals surface area contributed by atoms with E-state index in [1.807, 2.05) is 0 Å². The van der Waals surface area contributed by atoms with Gasteiger partial charge in [-0.2, -0.15) is 0 Å². The van der Waals surface area contributed by atoms with Crippen LogP contribution < -0.4 is 4.74 Å². The zero-order valence-corrected chi connectivity index (χ0v) is 14.9. The van der Waals surface area contributed by atoms with E-state index >= 15 is 0 Å². The van der Waals surface area contributed by atoms with Gasteiger partial charge in [0, 0.05) is 11.6 Å². The van der Waals surface area contributed by atoms with E-state index in [0.717, 1.165) is 6.07 Å². The SMILES string of the molecule is COc1cc(/C=C/C(=O)c2ccc(Cl)c(Cl)c2Cl)cc([N+](=O)[O-])c1O. The minimum absolute atomic E-state index is 0.0121. The number of halogens is 3. The highest BCUT2D eigenvalue weighted by molar-refractivity contribution is 6.49. The molecule has 6 nitrogen and oxygen atoms in total. The fourth-order valence-electron chi connectivity index (χ4n) is 1.98. The summed E-state index contributed by atoms with van der Waals surface area (Å²) in [5, 5.41) is 21.0. The van der Waals surface area contributed by atoms with Gasteiger partial charge >= 0.3 is 5.69 Å². The van der Waals surface area contributed by atoms with Crippen molar-refractivity contribution in [3.63, 3.8) is 0 Å². The zero-order chi connectivity index (χ0) is 18.7. The summed E-state index contributed by atoms with van der Waals surface area (Å²) in [7, 11) is 1.26. The highest BCUT2D eigenvalue weighted by Crippen LogP contribution is 2.37. The van der Waals surface area contributed by atoms with Crippen LogP contribution in [0.5, 0.6) is 11.5 Å². The number of methoxy groups -OCH3 is 1. The molecule has 0 saturated carbocycles. The standard InChI is InChI=1S/C16H10Cl3NO5/c1-25-13-7-8(6-11(16(13)22)20(23)24)2-5-12(21)9-3-4-10(17)15(19)14(9)18/h2-7,22H,1H3/b5-2+. The summed E-state index contributed by atoms with van der Waals surface area (Å²) in [5.74, 6) is -1.16. The van der Waals surface area contributed by atoms with Crippen molar-refractivity contribution in [3.8, 4) is 11.5 Å². The quantitative estimate of drug-likeness (QED) is 0.245. The van der Waals surface area contributed by atoms with Gasteiger partial charge in [-0.25, -0.2) is 0 Å². The van der Waals surface area contributed by atoms with E-state index < -0.39 is 22.1 Å². The number of carbonyl (C=O) groups is 1. The molecule has 0 aromatic heterocycles. The third-order valence-electron chi connectivity index (χ3n) is 3.22. The summed E-state index contributed by atoms with van der Waals surface area (Å²) in [5.41, 5.74) is -0.127. The van der Waals surface area contributed by atoms with Gasteiger partial charge in [0.25, 0.3) is 0 Å². The molecule has 0 bridgehead atoms. The second-order valence-corrected chi connectivity index (χ2v) is 5.93. The van der Waals surface area contributed by atoms with Gasteiger partial charge in [0.2, 0.25) is 5.75 Å². The molecule has 0 aliphatic heterocycles. The van der Waals surface area contributed by atoms with E-state index in [9.17, 15) is 20.0 Å². The van der Waals surface area contributed by atoms with Crippen LogP contribution in [0.25, 0.3) is 6.08 Å². The van der Waals surface area contributed by atoms with Crippen LogP contribution in [0.3, 0.4) is 0 Å². The average Bonchev–Trinajstić information content (AvgIpc) is 2.58. The first-order valence-corrected chi connectivity index (χ1v) is 7.81. The first-order chi connectivity index (χ1) is 11.8. The molecule has 9 heteroatoms. The Hall–Kier alpha value is -2.28. The lowest BCUT2D eigenvalue weighted by atomic mass is 10.1. The number of benzene rings is 2. The number of nitro groups is 1. The minimum Gasteiger partial charge on any atom is -0.500 e. The second kappa shape index (κ2) is 7.74. The van der Waals surface area contributed by atoms with E-state index in [1.54, 1.807) is 0 Å². The molecule has 0 heterocycles. The van der Waals surface area contributed by atoms with Gasteiger partial charge in [0.1, 0.15) is 0 Å². The number of phenolic OH excluding ortho intramolecular Hbond substituents is 1. The van der Waals surface area contributed by atoms with Crippen molar-refractivity contribution in [2.45, 2.75) is 0 Å². The number of carbonyl (C=O) groups excluding carboxylic acids is 1.